The van der Waals surface area contributed by atoms with Gasteiger partial charge in [0.1, 0.15) is 24.7 Å². The summed E-state index contributed by atoms with van der Waals surface area (Å²) in [6, 6.07) is 4.11. The van der Waals surface area contributed by atoms with Gasteiger partial charge in [-0.2, -0.15) is 0 Å². The van der Waals surface area contributed by atoms with E-state index >= 15 is 0 Å². The molecule has 4 heteroatoms. The van der Waals surface area contributed by atoms with Crippen LogP contribution in [0.4, 0.5) is 0 Å². The number of aliphatic hydroxyl groups is 2. The highest BCUT2D eigenvalue weighted by Crippen LogP contribution is 2.43. The quantitative estimate of drug-likeness (QED) is 0.681. The largest absolute Gasteiger partial charge is 0.491 e. The molecule has 0 unspecified atom stereocenters. The molecule has 0 aromatic heterocycles. The summed E-state index contributed by atoms with van der Waals surface area (Å²) in [7, 11) is 0. The third-order valence-electron chi connectivity index (χ3n) is 5.01. The molecule has 0 aliphatic heterocycles. The van der Waals surface area contributed by atoms with Crippen molar-refractivity contribution in [3.05, 3.63) is 23.3 Å². The van der Waals surface area contributed by atoms with Crippen LogP contribution in [0.3, 0.4) is 0 Å². The highest BCUT2D eigenvalue weighted by molar-refractivity contribution is 5.52. The minimum Gasteiger partial charge on any atom is -0.491 e. The molecule has 1 aromatic rings. The lowest BCUT2D eigenvalue weighted by atomic mass is 9.76. The minimum absolute atomic E-state index is 0.0268. The third-order valence-corrected chi connectivity index (χ3v) is 5.01. The summed E-state index contributed by atoms with van der Waals surface area (Å²) in [6.07, 6.45) is 1.96. The maximum absolute atomic E-state index is 9.12. The molecule has 4 nitrogen and oxygen atoms in total. The van der Waals surface area contributed by atoms with E-state index in [0.717, 1.165) is 35.5 Å². The van der Waals surface area contributed by atoms with E-state index < -0.39 is 0 Å². The van der Waals surface area contributed by atoms with E-state index in [-0.39, 0.29) is 37.3 Å². The van der Waals surface area contributed by atoms with Crippen molar-refractivity contribution in [2.45, 2.75) is 65.2 Å². The fraction of sp³-hybridized carbons (Fsp3) is 0.700. The van der Waals surface area contributed by atoms with E-state index in [0.29, 0.717) is 0 Å². The topological polar surface area (TPSA) is 58.9 Å². The van der Waals surface area contributed by atoms with Crippen LogP contribution in [-0.4, -0.2) is 36.6 Å². The molecule has 24 heavy (non-hydrogen) atoms. The summed E-state index contributed by atoms with van der Waals surface area (Å²) in [6.45, 7) is 13.6. The van der Waals surface area contributed by atoms with Gasteiger partial charge in [0.2, 0.25) is 0 Å². The Morgan fingerprint density at radius 1 is 0.750 bits per heavy atom. The van der Waals surface area contributed by atoms with Crippen LogP contribution in [0, 0.1) is 0 Å². The van der Waals surface area contributed by atoms with Crippen LogP contribution >= 0.6 is 0 Å². The first-order chi connectivity index (χ1) is 11.2. The van der Waals surface area contributed by atoms with Gasteiger partial charge in [-0.25, -0.2) is 0 Å². The van der Waals surface area contributed by atoms with Crippen molar-refractivity contribution in [3.63, 3.8) is 0 Å². The molecule has 0 spiro atoms. The first-order valence-electron chi connectivity index (χ1n) is 8.89. The van der Waals surface area contributed by atoms with Gasteiger partial charge >= 0.3 is 0 Å². The Bertz CT molecular complexity index is 477. The molecular weight excluding hydrogens is 304 g/mol. The van der Waals surface area contributed by atoms with Crippen molar-refractivity contribution >= 4 is 0 Å². The molecule has 1 rings (SSSR count). The Morgan fingerprint density at radius 3 is 1.42 bits per heavy atom. The predicted molar refractivity (Wildman–Crippen MR) is 98.2 cm³/mol. The zero-order chi connectivity index (χ0) is 18.4. The van der Waals surface area contributed by atoms with Crippen molar-refractivity contribution in [2.24, 2.45) is 0 Å². The highest BCUT2D eigenvalue weighted by Gasteiger charge is 2.29. The summed E-state index contributed by atoms with van der Waals surface area (Å²) >= 11 is 0. The van der Waals surface area contributed by atoms with E-state index in [1.165, 1.54) is 0 Å². The van der Waals surface area contributed by atoms with Crippen LogP contribution in [0.2, 0.25) is 0 Å². The van der Waals surface area contributed by atoms with Crippen molar-refractivity contribution < 1.29 is 19.7 Å². The lowest BCUT2D eigenvalue weighted by molar-refractivity contribution is 0.190. The van der Waals surface area contributed by atoms with Crippen molar-refractivity contribution in [2.75, 3.05) is 26.4 Å². The predicted octanol–water partition coefficient (Wildman–Crippen LogP) is 3.80. The Hall–Kier alpha value is -1.26. The molecular formula is C20H34O4. The second-order valence-electron chi connectivity index (χ2n) is 7.46. The molecule has 1 aromatic carbocycles. The maximum Gasteiger partial charge on any atom is 0.126 e. The molecule has 0 amide bonds. The van der Waals surface area contributed by atoms with Gasteiger partial charge in [-0.15, -0.1) is 0 Å². The average molecular weight is 338 g/mol. The summed E-state index contributed by atoms with van der Waals surface area (Å²) < 4.78 is 11.6. The molecule has 0 aliphatic rings. The Balaban J connectivity index is 3.52. The molecule has 0 saturated heterocycles. The fourth-order valence-corrected chi connectivity index (χ4v) is 2.55. The van der Waals surface area contributed by atoms with Crippen LogP contribution in [0.25, 0.3) is 0 Å². The standard InChI is InChI=1S/C20H34O4/c1-7-19(3,4)15-13-16(20(5,6)8-2)18(24-12-10-22)14-17(15)23-11-9-21/h13-14,21-22H,7-12H2,1-6H3. The van der Waals surface area contributed by atoms with Crippen molar-refractivity contribution in [3.8, 4) is 11.5 Å². The van der Waals surface area contributed by atoms with Gasteiger partial charge in [0.15, 0.2) is 0 Å². The Morgan fingerprint density at radius 2 is 1.12 bits per heavy atom. The Labute approximate surface area is 146 Å². The second kappa shape index (κ2) is 8.72. The molecule has 0 atom stereocenters. The van der Waals surface area contributed by atoms with E-state index in [1.807, 2.05) is 6.07 Å². The van der Waals surface area contributed by atoms with E-state index in [2.05, 4.69) is 47.6 Å². The normalized spacial score (nSPS) is 12.3. The van der Waals surface area contributed by atoms with Crippen molar-refractivity contribution in [1.29, 1.82) is 0 Å². The van der Waals surface area contributed by atoms with Crippen LogP contribution in [0.15, 0.2) is 12.1 Å². The summed E-state index contributed by atoms with van der Waals surface area (Å²) in [5, 5.41) is 18.2. The highest BCUT2D eigenvalue weighted by atomic mass is 16.5. The van der Waals surface area contributed by atoms with Gasteiger partial charge < -0.3 is 19.7 Å². The first kappa shape index (κ1) is 20.8. The van der Waals surface area contributed by atoms with Crippen LogP contribution in [0.1, 0.15) is 65.5 Å². The first-order valence-corrected chi connectivity index (χ1v) is 8.89. The summed E-state index contributed by atoms with van der Waals surface area (Å²) in [5.74, 6) is 1.50. The molecule has 0 aliphatic carbocycles. The average Bonchev–Trinajstić information content (AvgIpc) is 2.57. The number of rotatable bonds is 10. The Kier molecular flexibility index (Phi) is 7.56. The summed E-state index contributed by atoms with van der Waals surface area (Å²) in [5.41, 5.74) is 2.18. The van der Waals surface area contributed by atoms with Gasteiger partial charge in [-0.05, 0) is 29.7 Å². The van der Waals surface area contributed by atoms with Crippen LogP contribution in [0.5, 0.6) is 11.5 Å². The molecule has 0 fully saturated rings. The zero-order valence-electron chi connectivity index (χ0n) is 16.1. The van der Waals surface area contributed by atoms with E-state index in [4.69, 9.17) is 19.7 Å². The number of aliphatic hydroxyl groups excluding tert-OH is 2. The van der Waals surface area contributed by atoms with E-state index in [9.17, 15) is 0 Å². The van der Waals surface area contributed by atoms with Gasteiger partial charge in [0, 0.05) is 17.2 Å². The van der Waals surface area contributed by atoms with Crippen LogP contribution in [-0.2, 0) is 10.8 Å². The zero-order valence-corrected chi connectivity index (χ0v) is 16.1. The summed E-state index contributed by atoms with van der Waals surface area (Å²) in [4.78, 5) is 0. The monoisotopic (exact) mass is 338 g/mol. The number of hydrogen-bond donors (Lipinski definition) is 2. The minimum atomic E-state index is -0.0428. The molecule has 0 bridgehead atoms. The van der Waals surface area contributed by atoms with E-state index in [1.54, 1.807) is 0 Å². The number of hydrogen-bond acceptors (Lipinski definition) is 4. The molecule has 0 heterocycles. The maximum atomic E-state index is 9.12. The third kappa shape index (κ3) is 4.87. The smallest absolute Gasteiger partial charge is 0.126 e. The molecule has 138 valence electrons. The molecule has 0 radical (unpaired) electrons. The SMILES string of the molecule is CCC(C)(C)c1cc(C(C)(C)CC)c(OCCO)cc1OCCO. The number of benzene rings is 1. The van der Waals surface area contributed by atoms with Crippen molar-refractivity contribution in [1.82, 2.24) is 0 Å². The fourth-order valence-electron chi connectivity index (χ4n) is 2.55. The van der Waals surface area contributed by atoms with Gasteiger partial charge in [0.25, 0.3) is 0 Å². The lowest BCUT2D eigenvalue weighted by Crippen LogP contribution is -2.23. The molecule has 2 N–H and O–H groups in total. The van der Waals surface area contributed by atoms with Gasteiger partial charge in [-0.3, -0.25) is 0 Å². The van der Waals surface area contributed by atoms with Gasteiger partial charge in [-0.1, -0.05) is 41.5 Å². The second-order valence-corrected chi connectivity index (χ2v) is 7.46. The lowest BCUT2D eigenvalue weighted by Gasteiger charge is -2.32. The van der Waals surface area contributed by atoms with Gasteiger partial charge in [0.05, 0.1) is 13.2 Å². The molecule has 0 saturated carbocycles. The van der Waals surface area contributed by atoms with Crippen LogP contribution < -0.4 is 9.47 Å². The number of ether oxygens (including phenoxy) is 2.